The first-order valence-corrected chi connectivity index (χ1v) is 24.8. The van der Waals surface area contributed by atoms with Gasteiger partial charge in [-0.1, -0.05) is 109 Å². The first kappa shape index (κ1) is 54.3. The predicted molar refractivity (Wildman–Crippen MR) is 306 cm³/mol. The van der Waals surface area contributed by atoms with Crippen LogP contribution < -0.4 is 9.47 Å². The zero-order valence-electron chi connectivity index (χ0n) is 46.4. The van der Waals surface area contributed by atoms with Crippen LogP contribution in [0.4, 0.5) is 0 Å². The maximum absolute atomic E-state index is 5.37. The molecule has 8 rings (SSSR count). The van der Waals surface area contributed by atoms with Gasteiger partial charge in [-0.2, -0.15) is 0 Å². The lowest BCUT2D eigenvalue weighted by atomic mass is 9.86. The first-order chi connectivity index (χ1) is 33.2. The zero-order valence-corrected chi connectivity index (χ0v) is 46.4. The van der Waals surface area contributed by atoms with Crippen molar-refractivity contribution in [1.29, 1.82) is 0 Å². The highest BCUT2D eigenvalue weighted by Crippen LogP contribution is 2.38. The summed E-state index contributed by atoms with van der Waals surface area (Å²) < 4.78 is 10.7. The molecule has 8 aromatic rings. The van der Waals surface area contributed by atoms with Crippen molar-refractivity contribution in [3.05, 3.63) is 221 Å². The quantitative estimate of drug-likeness (QED) is 0.165. The predicted octanol–water partition coefficient (Wildman–Crippen LogP) is 19.0. The van der Waals surface area contributed by atoms with Crippen LogP contribution in [0.25, 0.3) is 44.5 Å². The van der Waals surface area contributed by atoms with Crippen LogP contribution in [0.5, 0.6) is 11.5 Å². The number of rotatable bonds is 6. The third kappa shape index (κ3) is 11.8. The highest BCUT2D eigenvalue weighted by atomic mass is 16.5. The van der Waals surface area contributed by atoms with Gasteiger partial charge in [0.05, 0.1) is 14.2 Å². The van der Waals surface area contributed by atoms with Gasteiger partial charge in [-0.15, -0.1) is 0 Å². The summed E-state index contributed by atoms with van der Waals surface area (Å²) in [7, 11) is 3.40. The van der Waals surface area contributed by atoms with Crippen LogP contribution >= 0.6 is 0 Å². The molecule has 0 saturated heterocycles. The van der Waals surface area contributed by atoms with Crippen molar-refractivity contribution in [2.45, 2.75) is 125 Å². The Labute approximate surface area is 423 Å². The standard InChI is InChI=1S/2C18H22.C16H18O2.C16H18/c2*1-11-7-9-13(3)17(15(11)5)18-14(4)10-8-12(2)16(18)6;1-11-13(7-5-9-15(11)17-3)14-8-6-10-16(18-4)12(14)2;1-11-7-5-9-15(13(11)3)16-10-6-8-12(2)14(16)4/h2*7-10H,1-6H3;5-10H,1-4H3;5-10H,1-4H3. The fraction of sp³-hybridized carbons (Fsp3) is 0.294. The van der Waals surface area contributed by atoms with Gasteiger partial charge < -0.3 is 9.47 Å². The Bertz CT molecular complexity index is 2820. The van der Waals surface area contributed by atoms with Gasteiger partial charge in [-0.3, -0.25) is 0 Å². The molecule has 0 heterocycles. The summed E-state index contributed by atoms with van der Waals surface area (Å²) in [6.45, 7) is 39.5. The average molecular weight is 929 g/mol. The second-order valence-electron chi connectivity index (χ2n) is 19.6. The molecule has 364 valence electrons. The van der Waals surface area contributed by atoms with E-state index < -0.39 is 0 Å². The monoisotopic (exact) mass is 929 g/mol. The minimum atomic E-state index is 0.912. The zero-order chi connectivity index (χ0) is 51.7. The van der Waals surface area contributed by atoms with Crippen molar-refractivity contribution >= 4 is 0 Å². The van der Waals surface area contributed by atoms with E-state index in [1.165, 1.54) is 134 Å². The molecule has 70 heavy (non-hydrogen) atoms. The molecule has 0 aliphatic rings. The molecule has 0 aromatic heterocycles. The smallest absolute Gasteiger partial charge is 0.122 e. The molecule has 0 bridgehead atoms. The Morgan fingerprint density at radius 2 is 0.400 bits per heavy atom. The maximum atomic E-state index is 5.37. The number of methoxy groups -OCH3 is 2. The Morgan fingerprint density at radius 1 is 0.200 bits per heavy atom. The normalized spacial score (nSPS) is 10.6. The summed E-state index contributed by atoms with van der Waals surface area (Å²) in [5.41, 5.74) is 35.2. The third-order valence-corrected chi connectivity index (χ3v) is 15.1. The van der Waals surface area contributed by atoms with E-state index >= 15 is 0 Å². The summed E-state index contributed by atoms with van der Waals surface area (Å²) >= 11 is 0. The highest BCUT2D eigenvalue weighted by molar-refractivity contribution is 5.80. The van der Waals surface area contributed by atoms with Gasteiger partial charge in [-0.05, 0) is 281 Å². The number of benzene rings is 8. The van der Waals surface area contributed by atoms with Gasteiger partial charge in [0.25, 0.3) is 0 Å². The molecular formula is C68H80O2. The second-order valence-corrected chi connectivity index (χ2v) is 19.6. The lowest BCUT2D eigenvalue weighted by Gasteiger charge is -2.18. The first-order valence-electron chi connectivity index (χ1n) is 24.8. The molecule has 0 unspecified atom stereocenters. The molecule has 0 aliphatic heterocycles. The molecule has 0 aliphatic carbocycles. The largest absolute Gasteiger partial charge is 0.496 e. The minimum Gasteiger partial charge on any atom is -0.496 e. The molecule has 2 heteroatoms. The molecule has 0 atom stereocenters. The van der Waals surface area contributed by atoms with E-state index in [0.29, 0.717) is 0 Å². The van der Waals surface area contributed by atoms with Crippen LogP contribution in [0.1, 0.15) is 100 Å². The van der Waals surface area contributed by atoms with Crippen LogP contribution in [-0.2, 0) is 0 Å². The molecular weight excluding hydrogens is 849 g/mol. The van der Waals surface area contributed by atoms with Crippen LogP contribution in [0.15, 0.2) is 121 Å². The molecule has 0 saturated carbocycles. The number of aryl methyl sites for hydroxylation is 10. The minimum absolute atomic E-state index is 0.912. The van der Waals surface area contributed by atoms with E-state index in [0.717, 1.165) is 22.6 Å². The number of ether oxygens (including phenoxy) is 2. The summed E-state index contributed by atoms with van der Waals surface area (Å²) in [5, 5.41) is 0. The molecule has 8 aromatic carbocycles. The fourth-order valence-electron chi connectivity index (χ4n) is 9.68. The van der Waals surface area contributed by atoms with Gasteiger partial charge in [0.1, 0.15) is 11.5 Å². The van der Waals surface area contributed by atoms with Crippen LogP contribution in [0.3, 0.4) is 0 Å². The lowest BCUT2D eigenvalue weighted by Crippen LogP contribution is -1.97. The SMILES string of the molecule is COc1cccc(-c2cccc(OC)c2C)c1C.Cc1ccc(C)c(-c2c(C)ccc(C)c2C)c1C.Cc1ccc(C)c(-c2c(C)ccc(C)c2C)c1C.Cc1cccc(-c2cccc(C)c2C)c1C. The average Bonchev–Trinajstić information content (AvgIpc) is 3.34. The summed E-state index contributed by atoms with van der Waals surface area (Å²) in [6, 6.07) is 43.1. The van der Waals surface area contributed by atoms with Crippen LogP contribution in [-0.4, -0.2) is 14.2 Å². The van der Waals surface area contributed by atoms with Gasteiger partial charge in [-0.25, -0.2) is 0 Å². The second kappa shape index (κ2) is 23.8. The van der Waals surface area contributed by atoms with Gasteiger partial charge in [0.15, 0.2) is 0 Å². The van der Waals surface area contributed by atoms with E-state index in [-0.39, 0.29) is 0 Å². The van der Waals surface area contributed by atoms with E-state index in [1.807, 2.05) is 24.3 Å². The number of hydrogen-bond donors (Lipinski definition) is 0. The fourth-order valence-corrected chi connectivity index (χ4v) is 9.68. The number of hydrogen-bond acceptors (Lipinski definition) is 2. The Balaban J connectivity index is 0.000000174. The van der Waals surface area contributed by atoms with E-state index in [4.69, 9.17) is 9.47 Å². The Kier molecular flexibility index (Phi) is 18.4. The molecule has 0 amide bonds. The molecule has 0 fully saturated rings. The third-order valence-electron chi connectivity index (χ3n) is 15.1. The highest BCUT2D eigenvalue weighted by Gasteiger charge is 2.16. The van der Waals surface area contributed by atoms with Crippen molar-refractivity contribution in [2.75, 3.05) is 14.2 Å². The van der Waals surface area contributed by atoms with Crippen molar-refractivity contribution in [3.8, 4) is 56.0 Å². The van der Waals surface area contributed by atoms with Gasteiger partial charge in [0.2, 0.25) is 0 Å². The lowest BCUT2D eigenvalue weighted by molar-refractivity contribution is 0.411. The molecule has 0 radical (unpaired) electrons. The summed E-state index contributed by atoms with van der Waals surface area (Å²) in [6.07, 6.45) is 0. The van der Waals surface area contributed by atoms with Crippen LogP contribution in [0, 0.1) is 125 Å². The van der Waals surface area contributed by atoms with Crippen molar-refractivity contribution in [3.63, 3.8) is 0 Å². The van der Waals surface area contributed by atoms with Gasteiger partial charge >= 0.3 is 0 Å². The van der Waals surface area contributed by atoms with Crippen LogP contribution in [0.2, 0.25) is 0 Å². The Hall–Kier alpha value is -6.64. The summed E-state index contributed by atoms with van der Waals surface area (Å²) in [5.74, 6) is 1.82. The summed E-state index contributed by atoms with van der Waals surface area (Å²) in [4.78, 5) is 0. The van der Waals surface area contributed by atoms with Crippen molar-refractivity contribution < 1.29 is 9.47 Å². The Morgan fingerprint density at radius 3 is 0.643 bits per heavy atom. The topological polar surface area (TPSA) is 18.5 Å². The van der Waals surface area contributed by atoms with Crippen molar-refractivity contribution in [2.24, 2.45) is 0 Å². The van der Waals surface area contributed by atoms with Gasteiger partial charge in [0, 0.05) is 0 Å². The van der Waals surface area contributed by atoms with E-state index in [1.54, 1.807) is 14.2 Å². The maximum Gasteiger partial charge on any atom is 0.122 e. The molecule has 0 spiro atoms. The van der Waals surface area contributed by atoms with Crippen molar-refractivity contribution in [1.82, 2.24) is 0 Å². The van der Waals surface area contributed by atoms with E-state index in [9.17, 15) is 0 Å². The molecule has 0 N–H and O–H groups in total. The van der Waals surface area contributed by atoms with E-state index in [2.05, 4.69) is 222 Å². The molecule has 2 nitrogen and oxygen atoms in total.